The molecule has 0 amide bonds. The van der Waals surface area contributed by atoms with Gasteiger partial charge in [-0.05, 0) is 5.56 Å². The van der Waals surface area contributed by atoms with Gasteiger partial charge < -0.3 is 4.74 Å². The van der Waals surface area contributed by atoms with Crippen LogP contribution in [0, 0.1) is 5.92 Å². The van der Waals surface area contributed by atoms with Crippen molar-refractivity contribution in [1.82, 2.24) is 0 Å². The van der Waals surface area contributed by atoms with Gasteiger partial charge in [0.1, 0.15) is 0 Å². The molecule has 14 heavy (non-hydrogen) atoms. The zero-order chi connectivity index (χ0) is 10.2. The summed E-state index contributed by atoms with van der Waals surface area (Å²) in [5.74, 6) is 1.36. The smallest absolute Gasteiger partial charge is 0.0717 e. The number of hydrogen-bond acceptors (Lipinski definition) is 1. The van der Waals surface area contributed by atoms with Crippen molar-refractivity contribution in [3.63, 3.8) is 0 Å². The Labute approximate surface area is 95.0 Å². The fourth-order valence-electron chi connectivity index (χ4n) is 1.05. The number of halogens is 2. The molecule has 1 nitrogen and oxygen atoms in total. The largest absolute Gasteiger partial charge is 0.376 e. The van der Waals surface area contributed by atoms with Gasteiger partial charge in [-0.1, -0.05) is 30.3 Å². The molecule has 0 spiro atoms. The van der Waals surface area contributed by atoms with Crippen molar-refractivity contribution < 1.29 is 4.74 Å². The molecule has 0 bridgehead atoms. The lowest BCUT2D eigenvalue weighted by Crippen LogP contribution is -2.12. The van der Waals surface area contributed by atoms with Crippen LogP contribution in [-0.2, 0) is 11.3 Å². The molecule has 78 valence electrons. The van der Waals surface area contributed by atoms with Crippen molar-refractivity contribution in [2.24, 2.45) is 5.92 Å². The minimum atomic E-state index is 0.252. The third-order valence-corrected chi connectivity index (χ3v) is 2.77. The van der Waals surface area contributed by atoms with Gasteiger partial charge in [-0.3, -0.25) is 0 Å². The minimum absolute atomic E-state index is 0.252. The van der Waals surface area contributed by atoms with Crippen LogP contribution < -0.4 is 0 Å². The molecule has 0 fully saturated rings. The summed E-state index contributed by atoms with van der Waals surface area (Å²) in [5, 5.41) is 0. The second-order valence-electron chi connectivity index (χ2n) is 3.18. The molecule has 0 atom stereocenters. The Balaban J connectivity index is 2.21. The average Bonchev–Trinajstić information content (AvgIpc) is 2.26. The topological polar surface area (TPSA) is 9.23 Å². The second kappa shape index (κ2) is 7.10. The summed E-state index contributed by atoms with van der Waals surface area (Å²) < 4.78 is 5.49. The Morgan fingerprint density at radius 3 is 2.29 bits per heavy atom. The van der Waals surface area contributed by atoms with Crippen LogP contribution in [0.5, 0.6) is 0 Å². The zero-order valence-electron chi connectivity index (χ0n) is 7.96. The minimum Gasteiger partial charge on any atom is -0.376 e. The molecule has 0 aliphatic heterocycles. The molecule has 1 aromatic rings. The number of ether oxygens (including phenoxy) is 1. The van der Waals surface area contributed by atoms with Crippen LogP contribution >= 0.6 is 23.2 Å². The third kappa shape index (κ3) is 4.32. The van der Waals surface area contributed by atoms with Crippen molar-refractivity contribution in [2.75, 3.05) is 18.4 Å². The summed E-state index contributed by atoms with van der Waals surface area (Å²) in [6, 6.07) is 10.1. The molecule has 0 N–H and O–H groups in total. The van der Waals surface area contributed by atoms with E-state index in [4.69, 9.17) is 27.9 Å². The van der Waals surface area contributed by atoms with E-state index in [-0.39, 0.29) is 5.92 Å². The Bertz CT molecular complexity index is 234. The van der Waals surface area contributed by atoms with Gasteiger partial charge in [0.15, 0.2) is 0 Å². The SMILES string of the molecule is ClCC(CCl)COCc1ccccc1. The molecular formula is C11H14Cl2O. The maximum atomic E-state index is 5.68. The molecule has 0 aromatic heterocycles. The Morgan fingerprint density at radius 2 is 1.71 bits per heavy atom. The molecule has 1 rings (SSSR count). The van der Waals surface area contributed by atoms with Crippen molar-refractivity contribution in [2.45, 2.75) is 6.61 Å². The predicted molar refractivity (Wildman–Crippen MR) is 61.0 cm³/mol. The molecule has 3 heteroatoms. The molecular weight excluding hydrogens is 219 g/mol. The normalized spacial score (nSPS) is 10.8. The molecule has 0 unspecified atom stereocenters. The van der Waals surface area contributed by atoms with E-state index in [0.717, 1.165) is 0 Å². The summed E-state index contributed by atoms with van der Waals surface area (Å²) >= 11 is 11.4. The fourth-order valence-corrected chi connectivity index (χ4v) is 1.56. The maximum absolute atomic E-state index is 5.68. The highest BCUT2D eigenvalue weighted by Crippen LogP contribution is 2.06. The molecule has 0 saturated carbocycles. The van der Waals surface area contributed by atoms with Gasteiger partial charge >= 0.3 is 0 Å². The lowest BCUT2D eigenvalue weighted by molar-refractivity contribution is 0.0988. The monoisotopic (exact) mass is 232 g/mol. The van der Waals surface area contributed by atoms with Gasteiger partial charge in [0.25, 0.3) is 0 Å². The van der Waals surface area contributed by atoms with Gasteiger partial charge in [0, 0.05) is 17.7 Å². The average molecular weight is 233 g/mol. The van der Waals surface area contributed by atoms with E-state index in [0.29, 0.717) is 25.0 Å². The van der Waals surface area contributed by atoms with Crippen LogP contribution in [0.1, 0.15) is 5.56 Å². The molecule has 0 aliphatic carbocycles. The van der Waals surface area contributed by atoms with E-state index in [1.54, 1.807) is 0 Å². The summed E-state index contributed by atoms with van der Waals surface area (Å²) in [6.45, 7) is 1.26. The fraction of sp³-hybridized carbons (Fsp3) is 0.455. The Hall–Kier alpha value is -0.240. The van der Waals surface area contributed by atoms with Crippen LogP contribution in [0.15, 0.2) is 30.3 Å². The molecule has 0 aliphatic rings. The number of hydrogen-bond donors (Lipinski definition) is 0. The Kier molecular flexibility index (Phi) is 6.00. The van der Waals surface area contributed by atoms with Crippen LogP contribution in [0.25, 0.3) is 0 Å². The van der Waals surface area contributed by atoms with Crippen LogP contribution in [-0.4, -0.2) is 18.4 Å². The van der Waals surface area contributed by atoms with Gasteiger partial charge in [-0.25, -0.2) is 0 Å². The molecule has 0 radical (unpaired) electrons. The van der Waals surface area contributed by atoms with Crippen LogP contribution in [0.4, 0.5) is 0 Å². The van der Waals surface area contributed by atoms with E-state index in [1.807, 2.05) is 30.3 Å². The second-order valence-corrected chi connectivity index (χ2v) is 3.79. The summed E-state index contributed by atoms with van der Waals surface area (Å²) in [7, 11) is 0. The Morgan fingerprint density at radius 1 is 1.07 bits per heavy atom. The third-order valence-electron chi connectivity index (χ3n) is 1.90. The van der Waals surface area contributed by atoms with E-state index in [1.165, 1.54) is 5.56 Å². The first-order valence-corrected chi connectivity index (χ1v) is 5.67. The lowest BCUT2D eigenvalue weighted by Gasteiger charge is -2.10. The number of rotatable bonds is 6. The van der Waals surface area contributed by atoms with Gasteiger partial charge in [0.05, 0.1) is 13.2 Å². The van der Waals surface area contributed by atoms with Crippen molar-refractivity contribution in [3.05, 3.63) is 35.9 Å². The van der Waals surface area contributed by atoms with Crippen molar-refractivity contribution in [1.29, 1.82) is 0 Å². The highest BCUT2D eigenvalue weighted by molar-refractivity contribution is 6.20. The van der Waals surface area contributed by atoms with Crippen molar-refractivity contribution in [3.8, 4) is 0 Å². The summed E-state index contributed by atoms with van der Waals surface area (Å²) in [6.07, 6.45) is 0. The van der Waals surface area contributed by atoms with Crippen LogP contribution in [0.2, 0.25) is 0 Å². The van der Waals surface area contributed by atoms with Gasteiger partial charge in [-0.15, -0.1) is 23.2 Å². The number of benzene rings is 1. The quantitative estimate of drug-likeness (QED) is 0.685. The van der Waals surface area contributed by atoms with E-state index in [2.05, 4.69) is 0 Å². The highest BCUT2D eigenvalue weighted by Gasteiger charge is 2.05. The van der Waals surface area contributed by atoms with E-state index < -0.39 is 0 Å². The predicted octanol–water partition coefficient (Wildman–Crippen LogP) is 3.30. The maximum Gasteiger partial charge on any atom is 0.0717 e. The van der Waals surface area contributed by atoms with Gasteiger partial charge in [-0.2, -0.15) is 0 Å². The molecule has 1 aromatic carbocycles. The number of alkyl halides is 2. The summed E-state index contributed by atoms with van der Waals surface area (Å²) in [5.41, 5.74) is 1.18. The van der Waals surface area contributed by atoms with Crippen molar-refractivity contribution >= 4 is 23.2 Å². The zero-order valence-corrected chi connectivity index (χ0v) is 9.47. The molecule has 0 saturated heterocycles. The first-order valence-electron chi connectivity index (χ1n) is 4.60. The first-order chi connectivity index (χ1) is 6.86. The highest BCUT2D eigenvalue weighted by atomic mass is 35.5. The van der Waals surface area contributed by atoms with Crippen LogP contribution in [0.3, 0.4) is 0 Å². The first kappa shape index (κ1) is 11.8. The summed E-state index contributed by atoms with van der Waals surface area (Å²) in [4.78, 5) is 0. The van der Waals surface area contributed by atoms with Gasteiger partial charge in [0.2, 0.25) is 0 Å². The lowest BCUT2D eigenvalue weighted by atomic mass is 10.2. The molecule has 0 heterocycles. The van der Waals surface area contributed by atoms with E-state index in [9.17, 15) is 0 Å². The van der Waals surface area contributed by atoms with E-state index >= 15 is 0 Å². The standard InChI is InChI=1S/C11H14Cl2O/c12-6-11(7-13)9-14-8-10-4-2-1-3-5-10/h1-5,11H,6-9H2.